The van der Waals surface area contributed by atoms with Crippen molar-refractivity contribution in [3.8, 4) is 0 Å². The van der Waals surface area contributed by atoms with E-state index in [1.165, 1.54) is 6.20 Å². The molecule has 3 rings (SSSR count). The van der Waals surface area contributed by atoms with E-state index < -0.39 is 0 Å². The molecule has 1 heterocycles. The molecule has 0 spiro atoms. The van der Waals surface area contributed by atoms with Crippen molar-refractivity contribution in [2.45, 2.75) is 6.04 Å². The number of rotatable bonds is 4. The maximum absolute atomic E-state index is 13.0. The van der Waals surface area contributed by atoms with Gasteiger partial charge in [0.1, 0.15) is 5.15 Å². The number of aromatic nitrogens is 1. The van der Waals surface area contributed by atoms with E-state index in [9.17, 15) is 4.79 Å². The Morgan fingerprint density at radius 2 is 1.48 bits per heavy atom. The van der Waals surface area contributed by atoms with Crippen molar-refractivity contribution < 1.29 is 4.79 Å². The van der Waals surface area contributed by atoms with Gasteiger partial charge in [-0.1, -0.05) is 83.9 Å². The maximum atomic E-state index is 13.0. The Labute approximate surface area is 156 Å². The molecule has 1 aromatic heterocycles. The van der Waals surface area contributed by atoms with E-state index in [1.807, 2.05) is 60.7 Å². The first-order chi connectivity index (χ1) is 12.1. The van der Waals surface area contributed by atoms with Gasteiger partial charge in [0.25, 0.3) is 5.91 Å². The lowest BCUT2D eigenvalue weighted by Gasteiger charge is -2.29. The summed E-state index contributed by atoms with van der Waals surface area (Å²) in [5.74, 6) is -0.177. The van der Waals surface area contributed by atoms with Crippen molar-refractivity contribution in [2.24, 2.45) is 0 Å². The molecule has 0 bridgehead atoms. The summed E-state index contributed by atoms with van der Waals surface area (Å²) in [7, 11) is 1.77. The molecule has 5 heteroatoms. The molecule has 25 heavy (non-hydrogen) atoms. The highest BCUT2D eigenvalue weighted by Gasteiger charge is 2.24. The number of hydrogen-bond acceptors (Lipinski definition) is 2. The molecule has 0 fully saturated rings. The van der Waals surface area contributed by atoms with E-state index in [0.717, 1.165) is 11.1 Å². The monoisotopic (exact) mass is 370 g/mol. The van der Waals surface area contributed by atoms with Gasteiger partial charge in [-0.05, 0) is 17.2 Å². The Balaban J connectivity index is 2.00. The van der Waals surface area contributed by atoms with Crippen LogP contribution in [0.25, 0.3) is 0 Å². The van der Waals surface area contributed by atoms with Crippen molar-refractivity contribution in [2.75, 3.05) is 7.05 Å². The largest absolute Gasteiger partial charge is 0.331 e. The number of nitrogens with zero attached hydrogens (tertiary/aromatic N) is 2. The Kier molecular flexibility index (Phi) is 5.37. The number of halogens is 2. The lowest BCUT2D eigenvalue weighted by Crippen LogP contribution is -2.32. The second kappa shape index (κ2) is 7.68. The number of pyridine rings is 1. The zero-order valence-electron chi connectivity index (χ0n) is 13.6. The van der Waals surface area contributed by atoms with Crippen LogP contribution < -0.4 is 0 Å². The van der Waals surface area contributed by atoms with Crippen LogP contribution in [0.5, 0.6) is 0 Å². The van der Waals surface area contributed by atoms with Crippen LogP contribution in [-0.4, -0.2) is 22.8 Å². The average Bonchev–Trinajstić information content (AvgIpc) is 2.65. The molecular formula is C20H16Cl2N2O. The third kappa shape index (κ3) is 3.84. The van der Waals surface area contributed by atoms with Gasteiger partial charge >= 0.3 is 0 Å². The Morgan fingerprint density at radius 3 is 1.96 bits per heavy atom. The van der Waals surface area contributed by atoms with Crippen LogP contribution in [0.4, 0.5) is 0 Å². The van der Waals surface area contributed by atoms with Crippen LogP contribution >= 0.6 is 23.2 Å². The summed E-state index contributed by atoms with van der Waals surface area (Å²) >= 11 is 11.9. The predicted molar refractivity (Wildman–Crippen MR) is 101 cm³/mol. The van der Waals surface area contributed by atoms with Gasteiger partial charge in [-0.2, -0.15) is 0 Å². The van der Waals surface area contributed by atoms with E-state index >= 15 is 0 Å². The van der Waals surface area contributed by atoms with Gasteiger partial charge in [-0.3, -0.25) is 4.79 Å². The summed E-state index contributed by atoms with van der Waals surface area (Å²) in [6.45, 7) is 0. The second-order valence-electron chi connectivity index (χ2n) is 5.64. The first kappa shape index (κ1) is 17.5. The van der Waals surface area contributed by atoms with Crippen LogP contribution in [0.15, 0.2) is 72.9 Å². The fourth-order valence-electron chi connectivity index (χ4n) is 2.77. The molecular weight excluding hydrogens is 355 g/mol. The van der Waals surface area contributed by atoms with Gasteiger partial charge in [0.15, 0.2) is 0 Å². The fraction of sp³-hybridized carbons (Fsp3) is 0.100. The minimum Gasteiger partial charge on any atom is -0.331 e. The molecule has 1 amide bonds. The van der Waals surface area contributed by atoms with Crippen LogP contribution in [0.1, 0.15) is 27.5 Å². The SMILES string of the molecule is CN(C(=O)c1cnc(Cl)c(Cl)c1)C(c1ccccc1)c1ccccc1. The molecule has 0 radical (unpaired) electrons. The third-order valence-electron chi connectivity index (χ3n) is 3.98. The minimum absolute atomic E-state index is 0.177. The Bertz CT molecular complexity index is 830. The minimum atomic E-state index is -0.218. The van der Waals surface area contributed by atoms with Gasteiger partial charge in [-0.25, -0.2) is 4.98 Å². The standard InChI is InChI=1S/C20H16Cl2N2O/c1-24(20(25)16-12-17(21)19(22)23-13-16)18(14-8-4-2-5-9-14)15-10-6-3-7-11-15/h2-13,18H,1H3. The predicted octanol–water partition coefficient (Wildman–Crippen LogP) is 5.25. The number of benzene rings is 2. The zero-order valence-corrected chi connectivity index (χ0v) is 15.1. The van der Waals surface area contributed by atoms with Crippen molar-refractivity contribution in [1.29, 1.82) is 0 Å². The van der Waals surface area contributed by atoms with Crippen LogP contribution in [0.2, 0.25) is 10.2 Å². The Morgan fingerprint density at radius 1 is 0.960 bits per heavy atom. The van der Waals surface area contributed by atoms with Crippen molar-refractivity contribution >= 4 is 29.1 Å². The highest BCUT2D eigenvalue weighted by atomic mass is 35.5. The summed E-state index contributed by atoms with van der Waals surface area (Å²) in [4.78, 5) is 18.6. The van der Waals surface area contributed by atoms with Crippen LogP contribution in [-0.2, 0) is 0 Å². The molecule has 0 unspecified atom stereocenters. The third-order valence-corrected chi connectivity index (χ3v) is 4.67. The number of carbonyl (C=O) groups excluding carboxylic acids is 1. The molecule has 0 aliphatic carbocycles. The molecule has 126 valence electrons. The summed E-state index contributed by atoms with van der Waals surface area (Å²) in [6.07, 6.45) is 1.44. The quantitative estimate of drug-likeness (QED) is 0.587. The summed E-state index contributed by atoms with van der Waals surface area (Å²) in [5.41, 5.74) is 2.45. The highest BCUT2D eigenvalue weighted by Crippen LogP contribution is 2.29. The molecule has 0 aliphatic heterocycles. The number of hydrogen-bond donors (Lipinski definition) is 0. The molecule has 0 atom stereocenters. The van der Waals surface area contributed by atoms with Gasteiger partial charge < -0.3 is 4.90 Å². The van der Waals surface area contributed by atoms with E-state index in [1.54, 1.807) is 18.0 Å². The van der Waals surface area contributed by atoms with Crippen molar-refractivity contribution in [1.82, 2.24) is 9.88 Å². The summed E-state index contributed by atoms with van der Waals surface area (Å²) in [6, 6.07) is 21.1. The topological polar surface area (TPSA) is 33.2 Å². The lowest BCUT2D eigenvalue weighted by molar-refractivity contribution is 0.0754. The highest BCUT2D eigenvalue weighted by molar-refractivity contribution is 6.41. The molecule has 2 aromatic carbocycles. The zero-order chi connectivity index (χ0) is 17.8. The van der Waals surface area contributed by atoms with Gasteiger partial charge in [0.2, 0.25) is 0 Å². The molecule has 0 aliphatic rings. The van der Waals surface area contributed by atoms with Crippen LogP contribution in [0.3, 0.4) is 0 Å². The fourth-order valence-corrected chi connectivity index (χ4v) is 3.04. The van der Waals surface area contributed by atoms with E-state index in [4.69, 9.17) is 23.2 Å². The summed E-state index contributed by atoms with van der Waals surface area (Å²) < 4.78 is 0. The Hall–Kier alpha value is -2.36. The number of amides is 1. The van der Waals surface area contributed by atoms with E-state index in [2.05, 4.69) is 4.98 Å². The average molecular weight is 371 g/mol. The first-order valence-electron chi connectivity index (χ1n) is 7.76. The van der Waals surface area contributed by atoms with E-state index in [0.29, 0.717) is 5.56 Å². The lowest BCUT2D eigenvalue weighted by atomic mass is 9.97. The molecule has 3 aromatic rings. The summed E-state index contributed by atoms with van der Waals surface area (Å²) in [5, 5.41) is 0.445. The molecule has 0 saturated carbocycles. The maximum Gasteiger partial charge on any atom is 0.255 e. The number of carbonyl (C=O) groups is 1. The molecule has 0 saturated heterocycles. The smallest absolute Gasteiger partial charge is 0.255 e. The van der Waals surface area contributed by atoms with E-state index in [-0.39, 0.29) is 22.1 Å². The molecule has 0 N–H and O–H groups in total. The molecule has 3 nitrogen and oxygen atoms in total. The van der Waals surface area contributed by atoms with Gasteiger partial charge in [0, 0.05) is 13.2 Å². The van der Waals surface area contributed by atoms with Crippen molar-refractivity contribution in [3.05, 3.63) is 99.8 Å². The van der Waals surface area contributed by atoms with Gasteiger partial charge in [0.05, 0.1) is 16.6 Å². The normalized spacial score (nSPS) is 10.7. The second-order valence-corrected chi connectivity index (χ2v) is 6.40. The van der Waals surface area contributed by atoms with Crippen LogP contribution in [0, 0.1) is 0 Å². The first-order valence-corrected chi connectivity index (χ1v) is 8.51. The van der Waals surface area contributed by atoms with Gasteiger partial charge in [-0.15, -0.1) is 0 Å². The van der Waals surface area contributed by atoms with Crippen molar-refractivity contribution in [3.63, 3.8) is 0 Å².